The standard InChI is InChI=1S/C9H19O6P/c1-2-3-6-9(12,16(13,14)15)7-4-5-8(10)11/h12H,2-7H2,1H3,(H,10,11)(H2,13,14,15). The van der Waals surface area contributed by atoms with Crippen LogP contribution < -0.4 is 0 Å². The summed E-state index contributed by atoms with van der Waals surface area (Å²) in [5.41, 5.74) is 0. The van der Waals surface area contributed by atoms with Crippen LogP contribution in [0.4, 0.5) is 0 Å². The van der Waals surface area contributed by atoms with Gasteiger partial charge in [-0.05, 0) is 19.3 Å². The minimum atomic E-state index is -4.61. The molecule has 1 atom stereocenters. The molecule has 16 heavy (non-hydrogen) atoms. The van der Waals surface area contributed by atoms with E-state index in [0.717, 1.165) is 0 Å². The number of rotatable bonds is 8. The fourth-order valence-corrected chi connectivity index (χ4v) is 2.30. The fraction of sp³-hybridized carbons (Fsp3) is 0.889. The average Bonchev–Trinajstić information content (AvgIpc) is 2.12. The Labute approximate surface area is 94.5 Å². The van der Waals surface area contributed by atoms with E-state index in [-0.39, 0.29) is 25.7 Å². The summed E-state index contributed by atoms with van der Waals surface area (Å²) in [4.78, 5) is 28.4. The van der Waals surface area contributed by atoms with Crippen molar-refractivity contribution in [1.29, 1.82) is 0 Å². The van der Waals surface area contributed by atoms with Gasteiger partial charge in [0.15, 0.2) is 5.34 Å². The van der Waals surface area contributed by atoms with Gasteiger partial charge in [-0.3, -0.25) is 9.36 Å². The molecule has 0 saturated carbocycles. The van der Waals surface area contributed by atoms with E-state index in [1.807, 2.05) is 6.92 Å². The summed E-state index contributed by atoms with van der Waals surface area (Å²) in [7, 11) is -4.61. The predicted octanol–water partition coefficient (Wildman–Crippen LogP) is 1.30. The van der Waals surface area contributed by atoms with Gasteiger partial charge in [-0.2, -0.15) is 0 Å². The summed E-state index contributed by atoms with van der Waals surface area (Å²) in [5, 5.41) is 16.2. The molecule has 0 amide bonds. The smallest absolute Gasteiger partial charge is 0.356 e. The molecule has 0 heterocycles. The van der Waals surface area contributed by atoms with E-state index in [1.54, 1.807) is 0 Å². The van der Waals surface area contributed by atoms with Gasteiger partial charge in [0.1, 0.15) is 0 Å². The monoisotopic (exact) mass is 254 g/mol. The molecular weight excluding hydrogens is 235 g/mol. The SMILES string of the molecule is CCCCC(O)(CCCC(=O)O)P(=O)(O)O. The Balaban J connectivity index is 4.43. The molecule has 4 N–H and O–H groups in total. The number of hydrogen-bond donors (Lipinski definition) is 4. The molecule has 0 radical (unpaired) electrons. The molecule has 7 heteroatoms. The van der Waals surface area contributed by atoms with Crippen molar-refractivity contribution < 1.29 is 29.4 Å². The number of carboxylic acids is 1. The van der Waals surface area contributed by atoms with Crippen LogP contribution in [-0.2, 0) is 9.36 Å². The molecule has 0 aromatic rings. The highest BCUT2D eigenvalue weighted by atomic mass is 31.2. The third-order valence-electron chi connectivity index (χ3n) is 2.44. The van der Waals surface area contributed by atoms with Gasteiger partial charge in [0.2, 0.25) is 0 Å². The minimum Gasteiger partial charge on any atom is -0.481 e. The molecule has 0 aliphatic rings. The molecule has 0 fully saturated rings. The van der Waals surface area contributed by atoms with Gasteiger partial charge < -0.3 is 20.0 Å². The van der Waals surface area contributed by atoms with Crippen LogP contribution in [0.1, 0.15) is 45.4 Å². The van der Waals surface area contributed by atoms with Crippen molar-refractivity contribution in [2.24, 2.45) is 0 Å². The number of aliphatic hydroxyl groups is 1. The first-order valence-corrected chi connectivity index (χ1v) is 6.84. The zero-order valence-corrected chi connectivity index (χ0v) is 10.2. The molecule has 6 nitrogen and oxygen atoms in total. The maximum Gasteiger partial charge on any atom is 0.356 e. The summed E-state index contributed by atoms with van der Waals surface area (Å²) in [6.07, 6.45) is 0.863. The Hall–Kier alpha value is -0.420. The van der Waals surface area contributed by atoms with Crippen LogP contribution in [0.2, 0.25) is 0 Å². The Bertz CT molecular complexity index is 273. The summed E-state index contributed by atoms with van der Waals surface area (Å²) >= 11 is 0. The van der Waals surface area contributed by atoms with Crippen molar-refractivity contribution in [1.82, 2.24) is 0 Å². The second-order valence-electron chi connectivity index (χ2n) is 3.88. The number of carbonyl (C=O) groups is 1. The van der Waals surface area contributed by atoms with Gasteiger partial charge in [-0.1, -0.05) is 19.8 Å². The van der Waals surface area contributed by atoms with Gasteiger partial charge in [-0.15, -0.1) is 0 Å². The molecule has 1 unspecified atom stereocenters. The number of unbranched alkanes of at least 4 members (excludes halogenated alkanes) is 1. The molecule has 0 aliphatic carbocycles. The normalized spacial score (nSPS) is 15.8. The largest absolute Gasteiger partial charge is 0.481 e. The van der Waals surface area contributed by atoms with E-state index in [9.17, 15) is 14.5 Å². The number of hydrogen-bond acceptors (Lipinski definition) is 3. The van der Waals surface area contributed by atoms with E-state index in [1.165, 1.54) is 0 Å². The molecular formula is C9H19O6P. The topological polar surface area (TPSA) is 115 Å². The molecule has 0 spiro atoms. The minimum absolute atomic E-state index is 0.00655. The van der Waals surface area contributed by atoms with Gasteiger partial charge in [0, 0.05) is 6.42 Å². The van der Waals surface area contributed by atoms with Crippen molar-refractivity contribution in [3.63, 3.8) is 0 Å². The van der Waals surface area contributed by atoms with Crippen LogP contribution in [-0.4, -0.2) is 31.3 Å². The Morgan fingerprint density at radius 2 is 1.75 bits per heavy atom. The van der Waals surface area contributed by atoms with Crippen LogP contribution >= 0.6 is 7.60 Å². The van der Waals surface area contributed by atoms with E-state index in [4.69, 9.17) is 14.9 Å². The maximum atomic E-state index is 11.1. The second kappa shape index (κ2) is 6.35. The van der Waals surface area contributed by atoms with Crippen LogP contribution in [0.5, 0.6) is 0 Å². The Morgan fingerprint density at radius 3 is 2.12 bits per heavy atom. The zero-order valence-electron chi connectivity index (χ0n) is 9.30. The lowest BCUT2D eigenvalue weighted by molar-refractivity contribution is -0.137. The molecule has 0 aromatic heterocycles. The highest BCUT2D eigenvalue weighted by Gasteiger charge is 2.43. The average molecular weight is 254 g/mol. The van der Waals surface area contributed by atoms with Gasteiger partial charge in [0.05, 0.1) is 0 Å². The second-order valence-corrected chi connectivity index (χ2v) is 5.80. The predicted molar refractivity (Wildman–Crippen MR) is 58.0 cm³/mol. The van der Waals surface area contributed by atoms with Crippen molar-refractivity contribution in [3.05, 3.63) is 0 Å². The highest BCUT2D eigenvalue weighted by Crippen LogP contribution is 2.53. The number of aliphatic carboxylic acids is 1. The van der Waals surface area contributed by atoms with Crippen LogP contribution in [0, 0.1) is 0 Å². The lowest BCUT2D eigenvalue weighted by atomic mass is 10.1. The lowest BCUT2D eigenvalue weighted by Gasteiger charge is -2.28. The highest BCUT2D eigenvalue weighted by molar-refractivity contribution is 7.53. The molecule has 0 bridgehead atoms. The van der Waals surface area contributed by atoms with Crippen LogP contribution in [0.15, 0.2) is 0 Å². The Kier molecular flexibility index (Phi) is 6.18. The third-order valence-corrected chi connectivity index (χ3v) is 3.97. The van der Waals surface area contributed by atoms with Crippen molar-refractivity contribution in [3.8, 4) is 0 Å². The first kappa shape index (κ1) is 15.6. The molecule has 0 rings (SSSR count). The van der Waals surface area contributed by atoms with Crippen molar-refractivity contribution in [2.45, 2.75) is 50.8 Å². The van der Waals surface area contributed by atoms with Gasteiger partial charge >= 0.3 is 13.6 Å². The molecule has 0 aromatic carbocycles. The first-order chi connectivity index (χ1) is 7.23. The van der Waals surface area contributed by atoms with E-state index in [0.29, 0.717) is 12.8 Å². The quantitative estimate of drug-likeness (QED) is 0.485. The Morgan fingerprint density at radius 1 is 1.25 bits per heavy atom. The summed E-state index contributed by atoms with van der Waals surface area (Å²) in [6.45, 7) is 1.84. The van der Waals surface area contributed by atoms with Crippen LogP contribution in [0.25, 0.3) is 0 Å². The van der Waals surface area contributed by atoms with E-state index < -0.39 is 18.9 Å². The zero-order chi connectivity index (χ0) is 12.8. The summed E-state index contributed by atoms with van der Waals surface area (Å²) in [6, 6.07) is 0. The maximum absolute atomic E-state index is 11.1. The van der Waals surface area contributed by atoms with Crippen LogP contribution in [0.3, 0.4) is 0 Å². The van der Waals surface area contributed by atoms with Crippen molar-refractivity contribution in [2.75, 3.05) is 0 Å². The van der Waals surface area contributed by atoms with E-state index in [2.05, 4.69) is 0 Å². The van der Waals surface area contributed by atoms with E-state index >= 15 is 0 Å². The number of carboxylic acid groups (broad SMARTS) is 1. The van der Waals surface area contributed by atoms with Gasteiger partial charge in [0.25, 0.3) is 0 Å². The third kappa shape index (κ3) is 5.07. The summed E-state index contributed by atoms with van der Waals surface area (Å²) < 4.78 is 11.1. The molecule has 96 valence electrons. The molecule has 0 saturated heterocycles. The lowest BCUT2D eigenvalue weighted by Crippen LogP contribution is -2.28. The first-order valence-electron chi connectivity index (χ1n) is 5.23. The summed E-state index contributed by atoms with van der Waals surface area (Å²) in [5.74, 6) is -1.04. The molecule has 0 aliphatic heterocycles. The van der Waals surface area contributed by atoms with Gasteiger partial charge in [-0.25, -0.2) is 0 Å². The fourth-order valence-electron chi connectivity index (χ4n) is 1.40. The van der Waals surface area contributed by atoms with Crippen molar-refractivity contribution >= 4 is 13.6 Å².